The predicted molar refractivity (Wildman–Crippen MR) is 128 cm³/mol. The Kier molecular flexibility index (Phi) is 6.59. The number of hydrogen-bond acceptors (Lipinski definition) is 3. The normalized spacial score (nSPS) is 19.8. The number of rotatable bonds is 4. The molecule has 0 N–H and O–H groups in total. The summed E-state index contributed by atoms with van der Waals surface area (Å²) in [6, 6.07) is 11.1. The number of ether oxygens (including phenoxy) is 1. The van der Waals surface area contributed by atoms with Crippen molar-refractivity contribution in [1.29, 1.82) is 0 Å². The van der Waals surface area contributed by atoms with Gasteiger partial charge in [0.25, 0.3) is 0 Å². The van der Waals surface area contributed by atoms with Crippen LogP contribution in [0.25, 0.3) is 17.1 Å². The van der Waals surface area contributed by atoms with Crippen LogP contribution in [0.3, 0.4) is 0 Å². The maximum absolute atomic E-state index is 13.3. The first-order valence-electron chi connectivity index (χ1n) is 11.7. The van der Waals surface area contributed by atoms with E-state index in [1.807, 2.05) is 22.8 Å². The Hall–Kier alpha value is -2.84. The van der Waals surface area contributed by atoms with Crippen LogP contribution in [-0.2, 0) is 15.7 Å². The van der Waals surface area contributed by atoms with Crippen molar-refractivity contribution in [2.24, 2.45) is 0 Å². The third-order valence-electron chi connectivity index (χ3n) is 6.71. The van der Waals surface area contributed by atoms with Gasteiger partial charge in [0.1, 0.15) is 11.9 Å². The smallest absolute Gasteiger partial charge is 0.370 e. The van der Waals surface area contributed by atoms with Gasteiger partial charge in [0.15, 0.2) is 0 Å². The number of nitrogens with zero attached hydrogens (tertiary/aromatic N) is 3. The highest BCUT2D eigenvalue weighted by Crippen LogP contribution is 2.38. The summed E-state index contributed by atoms with van der Waals surface area (Å²) >= 11 is 6.16. The molecule has 1 atom stereocenters. The van der Waals surface area contributed by atoms with Crippen molar-refractivity contribution >= 4 is 34.6 Å². The molecule has 0 unspecified atom stereocenters. The van der Waals surface area contributed by atoms with Gasteiger partial charge in [-0.1, -0.05) is 29.8 Å². The maximum Gasteiger partial charge on any atom is 0.416 e. The van der Waals surface area contributed by atoms with E-state index in [1.54, 1.807) is 17.0 Å². The molecule has 3 heterocycles. The van der Waals surface area contributed by atoms with Gasteiger partial charge in [0.2, 0.25) is 5.91 Å². The number of likely N-dealkylation sites (tertiary alicyclic amines) is 1. The molecule has 2 aliphatic heterocycles. The topological polar surface area (TPSA) is 47.4 Å². The number of aromatic nitrogens is 2. The second kappa shape index (κ2) is 9.66. The molecule has 2 aromatic carbocycles. The highest BCUT2D eigenvalue weighted by atomic mass is 35.5. The van der Waals surface area contributed by atoms with E-state index in [4.69, 9.17) is 16.3 Å². The van der Waals surface area contributed by atoms with Crippen LogP contribution < -0.4 is 0 Å². The first kappa shape index (κ1) is 23.9. The molecule has 1 amide bonds. The van der Waals surface area contributed by atoms with E-state index in [9.17, 15) is 18.0 Å². The summed E-state index contributed by atoms with van der Waals surface area (Å²) in [7, 11) is 0. The minimum Gasteiger partial charge on any atom is -0.370 e. The fraction of sp³-hybridized carbons (Fsp3) is 0.385. The van der Waals surface area contributed by atoms with Crippen molar-refractivity contribution in [1.82, 2.24) is 14.5 Å². The van der Waals surface area contributed by atoms with Crippen molar-refractivity contribution in [2.45, 2.75) is 44.0 Å². The van der Waals surface area contributed by atoms with Crippen LogP contribution in [0.2, 0.25) is 5.02 Å². The fourth-order valence-corrected chi connectivity index (χ4v) is 5.11. The lowest BCUT2D eigenvalue weighted by Crippen LogP contribution is -2.38. The minimum absolute atomic E-state index is 0.0209. The zero-order valence-corrected chi connectivity index (χ0v) is 19.7. The molecule has 0 aliphatic carbocycles. The van der Waals surface area contributed by atoms with Crippen LogP contribution in [0.5, 0.6) is 0 Å². The van der Waals surface area contributed by atoms with Crippen LogP contribution in [-0.4, -0.2) is 40.1 Å². The highest BCUT2D eigenvalue weighted by molar-refractivity contribution is 6.32. The van der Waals surface area contributed by atoms with Crippen LogP contribution in [0, 0.1) is 0 Å². The number of amides is 1. The molecule has 3 aromatic rings. The largest absolute Gasteiger partial charge is 0.416 e. The summed E-state index contributed by atoms with van der Waals surface area (Å²) in [5, 5.41) is 0.581. The third-order valence-corrected chi connectivity index (χ3v) is 7.06. The summed E-state index contributed by atoms with van der Waals surface area (Å²) in [6.45, 7) is 1.70. The molecule has 0 spiro atoms. The molecular formula is C26H25ClF3N3O2. The lowest BCUT2D eigenvalue weighted by atomic mass is 10.0. The van der Waals surface area contributed by atoms with Crippen molar-refractivity contribution in [2.75, 3.05) is 19.7 Å². The second-order valence-corrected chi connectivity index (χ2v) is 9.36. The van der Waals surface area contributed by atoms with Gasteiger partial charge in [-0.25, -0.2) is 4.98 Å². The molecule has 1 aromatic heterocycles. The molecule has 184 valence electrons. The van der Waals surface area contributed by atoms with Gasteiger partial charge in [-0.15, -0.1) is 0 Å². The molecule has 2 fully saturated rings. The van der Waals surface area contributed by atoms with Crippen molar-refractivity contribution in [3.05, 3.63) is 70.5 Å². The Morgan fingerprint density at radius 2 is 1.89 bits per heavy atom. The number of carbonyl (C=O) groups excluding carboxylic acids is 1. The Bertz CT molecular complexity index is 1260. The molecule has 5 rings (SSSR count). The zero-order valence-electron chi connectivity index (χ0n) is 19.0. The molecule has 2 saturated heterocycles. The Morgan fingerprint density at radius 3 is 2.57 bits per heavy atom. The lowest BCUT2D eigenvalue weighted by Gasteiger charge is -2.33. The van der Waals surface area contributed by atoms with Crippen LogP contribution in [0.4, 0.5) is 13.2 Å². The number of piperidine rings is 1. The second-order valence-electron chi connectivity index (χ2n) is 8.95. The Balaban J connectivity index is 1.36. The number of benzene rings is 2. The summed E-state index contributed by atoms with van der Waals surface area (Å²) in [5.74, 6) is 0.591. The van der Waals surface area contributed by atoms with Crippen molar-refractivity contribution in [3.63, 3.8) is 0 Å². The van der Waals surface area contributed by atoms with Crippen LogP contribution in [0.1, 0.15) is 54.8 Å². The first-order chi connectivity index (χ1) is 16.8. The minimum atomic E-state index is -4.43. The van der Waals surface area contributed by atoms with E-state index in [1.165, 1.54) is 12.1 Å². The number of alkyl halides is 3. The average molecular weight is 504 g/mol. The van der Waals surface area contributed by atoms with Gasteiger partial charge in [0.05, 0.1) is 16.6 Å². The van der Waals surface area contributed by atoms with Gasteiger partial charge >= 0.3 is 6.18 Å². The Labute approximate surface area is 206 Å². The fourth-order valence-electron chi connectivity index (χ4n) is 4.91. The van der Waals surface area contributed by atoms with E-state index in [-0.39, 0.29) is 18.1 Å². The first-order valence-corrected chi connectivity index (χ1v) is 12.1. The third kappa shape index (κ3) is 4.95. The van der Waals surface area contributed by atoms with E-state index in [0.29, 0.717) is 54.4 Å². The number of halogens is 4. The van der Waals surface area contributed by atoms with Crippen molar-refractivity contribution < 1.29 is 22.7 Å². The summed E-state index contributed by atoms with van der Waals surface area (Å²) in [6.07, 6.45) is 1.64. The summed E-state index contributed by atoms with van der Waals surface area (Å²) in [5.41, 5.74) is 1.07. The standard InChI is InChI=1S/C26H25ClF3N3O2/c27-20-5-2-1-4-17(20)7-10-24(34)32-13-11-19(12-14-32)33-22-9-8-18(26(28,29)30)16-21(22)31-25(33)23-6-3-15-35-23/h1-2,4-5,7-10,16,19,23H,3,6,11-15H2/b10-7+/t23-/m0/s1. The van der Waals surface area contributed by atoms with Crippen molar-refractivity contribution in [3.8, 4) is 0 Å². The van der Waals surface area contributed by atoms with Gasteiger partial charge in [0, 0.05) is 36.8 Å². The van der Waals surface area contributed by atoms with E-state index in [0.717, 1.165) is 30.5 Å². The maximum atomic E-state index is 13.3. The van der Waals surface area contributed by atoms with Gasteiger partial charge in [-0.2, -0.15) is 13.2 Å². The predicted octanol–water partition coefficient (Wildman–Crippen LogP) is 6.44. The Morgan fingerprint density at radius 1 is 1.11 bits per heavy atom. The number of fused-ring (bicyclic) bond motifs is 1. The number of hydrogen-bond donors (Lipinski definition) is 0. The van der Waals surface area contributed by atoms with Crippen LogP contribution >= 0.6 is 11.6 Å². The zero-order chi connectivity index (χ0) is 24.6. The monoisotopic (exact) mass is 503 g/mol. The van der Waals surface area contributed by atoms with Crippen LogP contribution in [0.15, 0.2) is 48.5 Å². The molecule has 0 saturated carbocycles. The van der Waals surface area contributed by atoms with E-state index < -0.39 is 11.7 Å². The molecule has 0 bridgehead atoms. The SMILES string of the molecule is O=C(/C=C/c1ccccc1Cl)N1CCC(n2c([C@@H]3CCCO3)nc3cc(C(F)(F)F)ccc32)CC1. The number of carbonyl (C=O) groups is 1. The molecule has 5 nitrogen and oxygen atoms in total. The van der Waals surface area contributed by atoms with Gasteiger partial charge in [-0.3, -0.25) is 4.79 Å². The molecule has 0 radical (unpaired) electrons. The molecular weight excluding hydrogens is 479 g/mol. The average Bonchev–Trinajstić information content (AvgIpc) is 3.50. The van der Waals surface area contributed by atoms with Gasteiger partial charge < -0.3 is 14.2 Å². The molecule has 9 heteroatoms. The highest BCUT2D eigenvalue weighted by Gasteiger charge is 2.34. The van der Waals surface area contributed by atoms with E-state index in [2.05, 4.69) is 4.98 Å². The summed E-state index contributed by atoms with van der Waals surface area (Å²) in [4.78, 5) is 19.1. The number of imidazole rings is 1. The quantitative estimate of drug-likeness (QED) is 0.385. The van der Waals surface area contributed by atoms with Gasteiger partial charge in [-0.05, 0) is 61.6 Å². The lowest BCUT2D eigenvalue weighted by molar-refractivity contribution is -0.137. The molecule has 2 aliphatic rings. The van der Waals surface area contributed by atoms with E-state index >= 15 is 0 Å². The summed E-state index contributed by atoms with van der Waals surface area (Å²) < 4.78 is 47.7. The molecule has 35 heavy (non-hydrogen) atoms.